The summed E-state index contributed by atoms with van der Waals surface area (Å²) in [7, 11) is 0. The first-order chi connectivity index (χ1) is 14.1. The molecule has 6 heteroatoms. The zero-order valence-corrected chi connectivity index (χ0v) is 17.0. The van der Waals surface area contributed by atoms with Gasteiger partial charge in [0.1, 0.15) is 5.75 Å². The molecular weight excluding hydrogens is 384 g/mol. The van der Waals surface area contributed by atoms with Crippen molar-refractivity contribution in [1.82, 2.24) is 0 Å². The first kappa shape index (κ1) is 19.2. The Morgan fingerprint density at radius 1 is 1.14 bits per heavy atom. The SMILES string of the molecule is Cc1ccccc1OCC(=O)Nc1ccc2c(c1)CCCN2C(=O)c1cccs1. The Hall–Kier alpha value is -3.12. The van der Waals surface area contributed by atoms with Crippen LogP contribution in [0.5, 0.6) is 5.75 Å². The van der Waals surface area contributed by atoms with E-state index in [-0.39, 0.29) is 18.4 Å². The third-order valence-electron chi connectivity index (χ3n) is 4.91. The van der Waals surface area contributed by atoms with Crippen molar-refractivity contribution in [1.29, 1.82) is 0 Å². The number of carbonyl (C=O) groups is 2. The van der Waals surface area contributed by atoms with E-state index in [4.69, 9.17) is 4.74 Å². The molecule has 4 rings (SSSR count). The first-order valence-corrected chi connectivity index (χ1v) is 10.5. The summed E-state index contributed by atoms with van der Waals surface area (Å²) in [5.41, 5.74) is 3.69. The lowest BCUT2D eigenvalue weighted by Crippen LogP contribution is -2.35. The molecule has 0 saturated carbocycles. The molecule has 1 aromatic heterocycles. The van der Waals surface area contributed by atoms with E-state index in [0.29, 0.717) is 18.0 Å². The predicted molar refractivity (Wildman–Crippen MR) is 116 cm³/mol. The number of para-hydroxylation sites is 1. The number of ether oxygens (including phenoxy) is 1. The third kappa shape index (κ3) is 4.32. The van der Waals surface area contributed by atoms with Gasteiger partial charge in [-0.25, -0.2) is 0 Å². The molecule has 0 unspecified atom stereocenters. The van der Waals surface area contributed by atoms with Crippen LogP contribution in [0.3, 0.4) is 0 Å². The number of hydrogen-bond donors (Lipinski definition) is 1. The molecular formula is C23H22N2O3S. The van der Waals surface area contributed by atoms with Crippen LogP contribution in [0.4, 0.5) is 11.4 Å². The molecule has 148 valence electrons. The fourth-order valence-corrected chi connectivity index (χ4v) is 4.15. The third-order valence-corrected chi connectivity index (χ3v) is 5.77. The fourth-order valence-electron chi connectivity index (χ4n) is 3.48. The van der Waals surface area contributed by atoms with Gasteiger partial charge in [-0.2, -0.15) is 0 Å². The number of thiophene rings is 1. The lowest BCUT2D eigenvalue weighted by molar-refractivity contribution is -0.118. The van der Waals surface area contributed by atoms with Gasteiger partial charge in [0, 0.05) is 17.9 Å². The van der Waals surface area contributed by atoms with E-state index in [1.54, 1.807) is 0 Å². The maximum absolute atomic E-state index is 12.8. The van der Waals surface area contributed by atoms with Crippen molar-refractivity contribution in [2.75, 3.05) is 23.4 Å². The number of amides is 2. The van der Waals surface area contributed by atoms with Gasteiger partial charge in [0.15, 0.2) is 6.61 Å². The summed E-state index contributed by atoms with van der Waals surface area (Å²) < 4.78 is 5.61. The standard InChI is InChI=1S/C23H22N2O3S/c1-16-6-2-3-8-20(16)28-15-22(26)24-18-10-11-19-17(14-18)7-4-12-25(19)23(27)21-9-5-13-29-21/h2-3,5-6,8-11,13-14H,4,7,12,15H2,1H3,(H,24,26). The van der Waals surface area contributed by atoms with Crippen LogP contribution in [0, 0.1) is 6.92 Å². The van der Waals surface area contributed by atoms with Crippen LogP contribution in [-0.4, -0.2) is 25.0 Å². The van der Waals surface area contributed by atoms with E-state index >= 15 is 0 Å². The molecule has 3 aromatic rings. The van der Waals surface area contributed by atoms with E-state index in [9.17, 15) is 9.59 Å². The minimum absolute atomic E-state index is 0.0318. The van der Waals surface area contributed by atoms with E-state index in [1.165, 1.54) is 11.3 Å². The minimum Gasteiger partial charge on any atom is -0.483 e. The van der Waals surface area contributed by atoms with Crippen LogP contribution in [-0.2, 0) is 11.2 Å². The Bertz CT molecular complexity index is 1030. The Morgan fingerprint density at radius 2 is 2.00 bits per heavy atom. The van der Waals surface area contributed by atoms with Gasteiger partial charge in [0.2, 0.25) is 0 Å². The van der Waals surface area contributed by atoms with Crippen LogP contribution in [0.25, 0.3) is 0 Å². The quantitative estimate of drug-likeness (QED) is 0.670. The smallest absolute Gasteiger partial charge is 0.268 e. The Kier molecular flexibility index (Phi) is 5.62. The van der Waals surface area contributed by atoms with Gasteiger partial charge in [-0.1, -0.05) is 24.3 Å². The second-order valence-electron chi connectivity index (χ2n) is 6.98. The number of aryl methyl sites for hydroxylation is 2. The molecule has 2 heterocycles. The predicted octanol–water partition coefficient (Wildman–Crippen LogP) is 4.67. The molecule has 0 bridgehead atoms. The minimum atomic E-state index is -0.212. The van der Waals surface area contributed by atoms with Gasteiger partial charge in [0.05, 0.1) is 4.88 Å². The largest absolute Gasteiger partial charge is 0.483 e. The van der Waals surface area contributed by atoms with E-state index < -0.39 is 0 Å². The summed E-state index contributed by atoms with van der Waals surface area (Å²) in [6, 6.07) is 17.1. The van der Waals surface area contributed by atoms with Crippen molar-refractivity contribution >= 4 is 34.5 Å². The molecule has 0 saturated heterocycles. The van der Waals surface area contributed by atoms with Crippen molar-refractivity contribution in [3.63, 3.8) is 0 Å². The lowest BCUT2D eigenvalue weighted by Gasteiger charge is -2.29. The zero-order chi connectivity index (χ0) is 20.2. The highest BCUT2D eigenvalue weighted by atomic mass is 32.1. The molecule has 29 heavy (non-hydrogen) atoms. The average molecular weight is 407 g/mol. The highest BCUT2D eigenvalue weighted by Crippen LogP contribution is 2.31. The van der Waals surface area contributed by atoms with Gasteiger partial charge >= 0.3 is 0 Å². The molecule has 5 nitrogen and oxygen atoms in total. The fraction of sp³-hybridized carbons (Fsp3) is 0.217. The molecule has 1 N–H and O–H groups in total. The Balaban J connectivity index is 1.43. The van der Waals surface area contributed by atoms with E-state index in [1.807, 2.05) is 71.8 Å². The second kappa shape index (κ2) is 8.49. The molecule has 0 aliphatic carbocycles. The maximum atomic E-state index is 12.8. The lowest BCUT2D eigenvalue weighted by atomic mass is 10.0. The molecule has 0 spiro atoms. The number of nitrogens with zero attached hydrogens (tertiary/aromatic N) is 1. The van der Waals surface area contributed by atoms with Crippen LogP contribution < -0.4 is 15.0 Å². The van der Waals surface area contributed by atoms with Crippen LogP contribution in [0.1, 0.15) is 27.2 Å². The highest BCUT2D eigenvalue weighted by molar-refractivity contribution is 7.12. The summed E-state index contributed by atoms with van der Waals surface area (Å²) in [4.78, 5) is 27.6. The second-order valence-corrected chi connectivity index (χ2v) is 7.93. The molecule has 1 aliphatic rings. The van der Waals surface area contributed by atoms with E-state index in [2.05, 4.69) is 5.32 Å². The number of rotatable bonds is 5. The summed E-state index contributed by atoms with van der Waals surface area (Å²) >= 11 is 1.45. The first-order valence-electron chi connectivity index (χ1n) is 9.58. The molecule has 0 fully saturated rings. The number of carbonyl (C=O) groups excluding carboxylic acids is 2. The number of benzene rings is 2. The van der Waals surface area contributed by atoms with Crippen LogP contribution >= 0.6 is 11.3 Å². The summed E-state index contributed by atoms with van der Waals surface area (Å²) in [6.07, 6.45) is 1.78. The summed E-state index contributed by atoms with van der Waals surface area (Å²) in [6.45, 7) is 2.60. The van der Waals surface area contributed by atoms with Crippen molar-refractivity contribution in [3.8, 4) is 5.75 Å². The van der Waals surface area contributed by atoms with Crippen LogP contribution in [0.15, 0.2) is 60.0 Å². The molecule has 0 radical (unpaired) electrons. The average Bonchev–Trinajstić information content (AvgIpc) is 3.27. The van der Waals surface area contributed by atoms with Gasteiger partial charge < -0.3 is 15.0 Å². The molecule has 1 aliphatic heterocycles. The number of fused-ring (bicyclic) bond motifs is 1. The van der Waals surface area contributed by atoms with Crippen LogP contribution in [0.2, 0.25) is 0 Å². The number of nitrogens with one attached hydrogen (secondary N) is 1. The van der Waals surface area contributed by atoms with E-state index in [0.717, 1.165) is 34.5 Å². The topological polar surface area (TPSA) is 58.6 Å². The van der Waals surface area contributed by atoms with Gasteiger partial charge in [-0.3, -0.25) is 9.59 Å². The molecule has 2 aromatic carbocycles. The maximum Gasteiger partial charge on any atom is 0.268 e. The monoisotopic (exact) mass is 406 g/mol. The van der Waals surface area contributed by atoms with Gasteiger partial charge in [-0.05, 0) is 66.6 Å². The van der Waals surface area contributed by atoms with Crippen molar-refractivity contribution in [2.24, 2.45) is 0 Å². The summed E-state index contributed by atoms with van der Waals surface area (Å²) in [5, 5.41) is 4.80. The van der Waals surface area contributed by atoms with Gasteiger partial charge in [-0.15, -0.1) is 11.3 Å². The highest BCUT2D eigenvalue weighted by Gasteiger charge is 2.24. The van der Waals surface area contributed by atoms with Gasteiger partial charge in [0.25, 0.3) is 11.8 Å². The molecule has 0 atom stereocenters. The molecule has 2 amide bonds. The Morgan fingerprint density at radius 3 is 2.79 bits per heavy atom. The Labute approximate surface area is 173 Å². The number of anilines is 2. The zero-order valence-electron chi connectivity index (χ0n) is 16.2. The van der Waals surface area contributed by atoms with Crippen molar-refractivity contribution < 1.29 is 14.3 Å². The number of hydrogen-bond acceptors (Lipinski definition) is 4. The summed E-state index contributed by atoms with van der Waals surface area (Å²) in [5.74, 6) is 0.524. The normalized spacial score (nSPS) is 12.9. The van der Waals surface area contributed by atoms with Crippen molar-refractivity contribution in [3.05, 3.63) is 76.0 Å². The van der Waals surface area contributed by atoms with Crippen molar-refractivity contribution in [2.45, 2.75) is 19.8 Å².